The molecule has 1 aliphatic heterocycles. The minimum atomic E-state index is 0.0201. The number of methoxy groups -OCH3 is 2. The molecule has 0 aliphatic carbocycles. The molecule has 4 rings (SSSR count). The van der Waals surface area contributed by atoms with Gasteiger partial charge in [-0.2, -0.15) is 0 Å². The molecule has 2 aromatic carbocycles. The SMILES string of the molecule is COc1cc2c(cc1OC)CN(C(=O)CSc1nnc(-c3ccc(Cl)cc3)o1)CC2. The van der Waals surface area contributed by atoms with E-state index < -0.39 is 0 Å². The Balaban J connectivity index is 1.38. The minimum absolute atomic E-state index is 0.0201. The van der Waals surface area contributed by atoms with Crippen molar-refractivity contribution >= 4 is 29.3 Å². The van der Waals surface area contributed by atoms with E-state index in [1.165, 1.54) is 17.3 Å². The molecule has 9 heteroatoms. The molecule has 0 N–H and O–H groups in total. The van der Waals surface area contributed by atoms with Crippen LogP contribution in [0.5, 0.6) is 11.5 Å². The number of amides is 1. The maximum atomic E-state index is 12.7. The van der Waals surface area contributed by atoms with Gasteiger partial charge >= 0.3 is 0 Å². The number of nitrogens with zero attached hydrogens (tertiary/aromatic N) is 3. The van der Waals surface area contributed by atoms with Crippen molar-refractivity contribution in [1.29, 1.82) is 0 Å². The van der Waals surface area contributed by atoms with E-state index in [1.807, 2.05) is 29.2 Å². The fraction of sp³-hybridized carbons (Fsp3) is 0.286. The van der Waals surface area contributed by atoms with Gasteiger partial charge in [0.15, 0.2) is 11.5 Å². The van der Waals surface area contributed by atoms with Gasteiger partial charge in [-0.05, 0) is 53.9 Å². The summed E-state index contributed by atoms with van der Waals surface area (Å²) in [4.78, 5) is 14.5. The summed E-state index contributed by atoms with van der Waals surface area (Å²) < 4.78 is 16.4. The summed E-state index contributed by atoms with van der Waals surface area (Å²) in [7, 11) is 3.23. The van der Waals surface area contributed by atoms with Gasteiger partial charge in [0.2, 0.25) is 11.8 Å². The van der Waals surface area contributed by atoms with E-state index in [4.69, 9.17) is 25.5 Å². The smallest absolute Gasteiger partial charge is 0.277 e. The van der Waals surface area contributed by atoms with E-state index in [0.29, 0.717) is 40.7 Å². The number of rotatable bonds is 6. The second kappa shape index (κ2) is 8.97. The zero-order chi connectivity index (χ0) is 21.1. The molecule has 1 amide bonds. The quantitative estimate of drug-likeness (QED) is 0.529. The third-order valence-electron chi connectivity index (χ3n) is 4.89. The number of halogens is 1. The van der Waals surface area contributed by atoms with Crippen LogP contribution in [0, 0.1) is 0 Å². The molecular formula is C21H20ClN3O4S. The predicted octanol–water partition coefficient (Wildman–Crippen LogP) is 4.08. The average molecular weight is 446 g/mol. The van der Waals surface area contributed by atoms with Gasteiger partial charge in [0.25, 0.3) is 5.22 Å². The summed E-state index contributed by atoms with van der Waals surface area (Å²) >= 11 is 7.13. The summed E-state index contributed by atoms with van der Waals surface area (Å²) in [6, 6.07) is 11.1. The minimum Gasteiger partial charge on any atom is -0.493 e. The van der Waals surface area contributed by atoms with Crippen molar-refractivity contribution < 1.29 is 18.7 Å². The summed E-state index contributed by atoms with van der Waals surface area (Å²) in [5.74, 6) is 2.02. The zero-order valence-corrected chi connectivity index (χ0v) is 18.1. The van der Waals surface area contributed by atoms with Crippen molar-refractivity contribution in [2.75, 3.05) is 26.5 Å². The van der Waals surface area contributed by atoms with Crippen LogP contribution in [0.15, 0.2) is 46.0 Å². The van der Waals surface area contributed by atoms with Gasteiger partial charge in [0.1, 0.15) is 0 Å². The van der Waals surface area contributed by atoms with Gasteiger partial charge in [0, 0.05) is 23.7 Å². The Kier molecular flexibility index (Phi) is 6.15. The Labute approximate surface area is 183 Å². The fourth-order valence-corrected chi connectivity index (χ4v) is 4.08. The van der Waals surface area contributed by atoms with Gasteiger partial charge in [-0.15, -0.1) is 10.2 Å². The zero-order valence-electron chi connectivity index (χ0n) is 16.6. The van der Waals surface area contributed by atoms with Gasteiger partial charge in [-0.25, -0.2) is 0 Å². The van der Waals surface area contributed by atoms with Crippen LogP contribution in [0.25, 0.3) is 11.5 Å². The number of hydrogen-bond donors (Lipinski definition) is 0. The molecule has 1 aromatic heterocycles. The van der Waals surface area contributed by atoms with Crippen molar-refractivity contribution in [3.8, 4) is 23.0 Å². The largest absolute Gasteiger partial charge is 0.493 e. The van der Waals surface area contributed by atoms with Gasteiger partial charge < -0.3 is 18.8 Å². The Morgan fingerprint density at radius 3 is 2.53 bits per heavy atom. The number of ether oxygens (including phenoxy) is 2. The number of carbonyl (C=O) groups is 1. The normalized spacial score (nSPS) is 13.1. The van der Waals surface area contributed by atoms with Crippen molar-refractivity contribution in [3.05, 3.63) is 52.5 Å². The molecule has 0 radical (unpaired) electrons. The van der Waals surface area contributed by atoms with Gasteiger partial charge in [0.05, 0.1) is 20.0 Å². The van der Waals surface area contributed by atoms with Crippen LogP contribution in [-0.4, -0.2) is 47.5 Å². The van der Waals surface area contributed by atoms with Crippen molar-refractivity contribution in [2.45, 2.75) is 18.2 Å². The first-order chi connectivity index (χ1) is 14.6. The van der Waals surface area contributed by atoms with Crippen molar-refractivity contribution in [1.82, 2.24) is 15.1 Å². The Morgan fingerprint density at radius 2 is 1.83 bits per heavy atom. The van der Waals surface area contributed by atoms with Crippen LogP contribution in [0.2, 0.25) is 5.02 Å². The van der Waals surface area contributed by atoms with E-state index in [9.17, 15) is 4.79 Å². The van der Waals surface area contributed by atoms with E-state index in [0.717, 1.165) is 17.5 Å². The molecule has 1 aliphatic rings. The van der Waals surface area contributed by atoms with Crippen LogP contribution in [0.1, 0.15) is 11.1 Å². The Morgan fingerprint density at radius 1 is 1.13 bits per heavy atom. The highest BCUT2D eigenvalue weighted by Gasteiger charge is 2.23. The number of aromatic nitrogens is 2. The van der Waals surface area contributed by atoms with Crippen molar-refractivity contribution in [3.63, 3.8) is 0 Å². The predicted molar refractivity (Wildman–Crippen MR) is 114 cm³/mol. The first kappa shape index (κ1) is 20.6. The summed E-state index contributed by atoms with van der Waals surface area (Å²) in [5.41, 5.74) is 3.02. The third-order valence-corrected chi connectivity index (χ3v) is 5.94. The Hall–Kier alpha value is -2.71. The first-order valence-electron chi connectivity index (χ1n) is 9.31. The lowest BCUT2D eigenvalue weighted by Gasteiger charge is -2.29. The summed E-state index contributed by atoms with van der Waals surface area (Å²) in [5, 5.41) is 9.06. The molecule has 0 saturated carbocycles. The van der Waals surface area contributed by atoms with Crippen LogP contribution in [-0.2, 0) is 17.8 Å². The lowest BCUT2D eigenvalue weighted by molar-refractivity contribution is -0.129. The highest BCUT2D eigenvalue weighted by atomic mass is 35.5. The molecule has 2 heterocycles. The molecule has 0 bridgehead atoms. The fourth-order valence-electron chi connectivity index (χ4n) is 3.29. The van der Waals surface area contributed by atoms with Crippen LogP contribution in [0.3, 0.4) is 0 Å². The summed E-state index contributed by atoms with van der Waals surface area (Å²) in [6.07, 6.45) is 0.771. The number of carbonyl (C=O) groups excluding carboxylic acids is 1. The third kappa shape index (κ3) is 4.39. The maximum absolute atomic E-state index is 12.7. The molecule has 156 valence electrons. The second-order valence-corrected chi connectivity index (χ2v) is 8.07. The lowest BCUT2D eigenvalue weighted by atomic mass is 9.99. The van der Waals surface area contributed by atoms with Crippen molar-refractivity contribution in [2.24, 2.45) is 0 Å². The second-order valence-electron chi connectivity index (χ2n) is 6.71. The topological polar surface area (TPSA) is 77.7 Å². The van der Waals surface area contributed by atoms with Gasteiger partial charge in [-0.1, -0.05) is 23.4 Å². The molecule has 7 nitrogen and oxygen atoms in total. The lowest BCUT2D eigenvalue weighted by Crippen LogP contribution is -2.37. The molecule has 0 spiro atoms. The van der Waals surface area contributed by atoms with E-state index in [-0.39, 0.29) is 11.7 Å². The first-order valence-corrected chi connectivity index (χ1v) is 10.7. The highest BCUT2D eigenvalue weighted by molar-refractivity contribution is 7.99. The Bertz CT molecular complexity index is 1050. The maximum Gasteiger partial charge on any atom is 0.277 e. The van der Waals surface area contributed by atoms with Crippen LogP contribution >= 0.6 is 23.4 Å². The van der Waals surface area contributed by atoms with E-state index in [1.54, 1.807) is 26.4 Å². The van der Waals surface area contributed by atoms with Crippen LogP contribution < -0.4 is 9.47 Å². The summed E-state index contributed by atoms with van der Waals surface area (Å²) in [6.45, 7) is 1.19. The molecule has 30 heavy (non-hydrogen) atoms. The molecular weight excluding hydrogens is 426 g/mol. The van der Waals surface area contributed by atoms with E-state index >= 15 is 0 Å². The average Bonchev–Trinajstić information content (AvgIpc) is 3.25. The molecule has 0 unspecified atom stereocenters. The molecule has 3 aromatic rings. The number of hydrogen-bond acceptors (Lipinski definition) is 7. The highest BCUT2D eigenvalue weighted by Crippen LogP contribution is 2.33. The van der Waals surface area contributed by atoms with Crippen LogP contribution in [0.4, 0.5) is 0 Å². The molecule has 0 atom stereocenters. The number of thioether (sulfide) groups is 1. The van der Waals surface area contributed by atoms with E-state index in [2.05, 4.69) is 10.2 Å². The number of fused-ring (bicyclic) bond motifs is 1. The van der Waals surface area contributed by atoms with Gasteiger partial charge in [-0.3, -0.25) is 4.79 Å². The molecule has 0 fully saturated rings. The standard InChI is InChI=1S/C21H20ClN3O4S/c1-27-17-9-14-7-8-25(11-15(14)10-18(17)28-2)19(26)12-30-21-24-23-20(29-21)13-3-5-16(22)6-4-13/h3-6,9-10H,7-8,11-12H2,1-2H3. The molecule has 0 saturated heterocycles. The number of benzene rings is 2. The monoisotopic (exact) mass is 445 g/mol.